The average Bonchev–Trinajstić information content (AvgIpc) is 2.32. The van der Waals surface area contributed by atoms with Crippen LogP contribution in [0.3, 0.4) is 0 Å². The Bertz CT molecular complexity index is 559. The van der Waals surface area contributed by atoms with E-state index in [0.717, 1.165) is 9.26 Å². The maximum Gasteiger partial charge on any atom is 0.163 e. The van der Waals surface area contributed by atoms with Gasteiger partial charge in [-0.15, -0.1) is 5.10 Å². The predicted octanol–water partition coefficient (Wildman–Crippen LogP) is 2.46. The molecule has 0 spiro atoms. The fraction of sp³-hybridized carbons (Fsp3) is 0. The number of thiocarbonyl (C=S) groups is 1. The van der Waals surface area contributed by atoms with E-state index in [9.17, 15) is 0 Å². The van der Waals surface area contributed by atoms with Crippen LogP contribution in [0.15, 0.2) is 36.5 Å². The van der Waals surface area contributed by atoms with Crippen LogP contribution in [0.4, 0.5) is 11.5 Å². The van der Waals surface area contributed by atoms with Gasteiger partial charge in [-0.3, -0.25) is 0 Å². The van der Waals surface area contributed by atoms with Gasteiger partial charge in [0.25, 0.3) is 0 Å². The molecule has 86 valence electrons. The lowest BCUT2D eigenvalue weighted by molar-refractivity contribution is 1.03. The van der Waals surface area contributed by atoms with Gasteiger partial charge >= 0.3 is 0 Å². The van der Waals surface area contributed by atoms with Crippen molar-refractivity contribution in [2.45, 2.75) is 0 Å². The largest absolute Gasteiger partial charge is 0.389 e. The molecule has 2 aromatic rings. The number of halogens is 1. The molecule has 1 heterocycles. The zero-order valence-corrected chi connectivity index (χ0v) is 11.7. The molecule has 0 saturated carbocycles. The first kappa shape index (κ1) is 12.2. The number of nitrogens with zero attached hydrogens (tertiary/aromatic N) is 2. The molecule has 17 heavy (non-hydrogen) atoms. The SMILES string of the molecule is NC(=S)c1ccnnc1Nc1ccccc1I. The minimum Gasteiger partial charge on any atom is -0.389 e. The zero-order valence-electron chi connectivity index (χ0n) is 8.72. The molecule has 3 N–H and O–H groups in total. The topological polar surface area (TPSA) is 63.8 Å². The van der Waals surface area contributed by atoms with Crippen LogP contribution in [-0.2, 0) is 0 Å². The van der Waals surface area contributed by atoms with E-state index >= 15 is 0 Å². The van der Waals surface area contributed by atoms with Crippen LogP contribution < -0.4 is 11.1 Å². The van der Waals surface area contributed by atoms with Gasteiger partial charge in [-0.25, -0.2) is 0 Å². The van der Waals surface area contributed by atoms with Crippen molar-refractivity contribution in [1.29, 1.82) is 0 Å². The molecule has 1 aromatic carbocycles. The molecule has 0 aliphatic carbocycles. The second-order valence-electron chi connectivity index (χ2n) is 3.26. The lowest BCUT2D eigenvalue weighted by Crippen LogP contribution is -2.13. The van der Waals surface area contributed by atoms with Crippen LogP contribution in [0.25, 0.3) is 0 Å². The van der Waals surface area contributed by atoms with Crippen LogP contribution in [0.5, 0.6) is 0 Å². The minimum atomic E-state index is 0.299. The quantitative estimate of drug-likeness (QED) is 0.654. The first-order valence-electron chi connectivity index (χ1n) is 4.81. The van der Waals surface area contributed by atoms with Gasteiger partial charge < -0.3 is 11.1 Å². The molecule has 0 aliphatic heterocycles. The number of anilines is 2. The molecule has 0 unspecified atom stereocenters. The van der Waals surface area contributed by atoms with Crippen LogP contribution >= 0.6 is 34.8 Å². The predicted molar refractivity (Wildman–Crippen MR) is 80.4 cm³/mol. The molecular weight excluding hydrogens is 347 g/mol. The van der Waals surface area contributed by atoms with E-state index in [0.29, 0.717) is 16.4 Å². The van der Waals surface area contributed by atoms with E-state index in [4.69, 9.17) is 18.0 Å². The van der Waals surface area contributed by atoms with Gasteiger partial charge in [0.2, 0.25) is 0 Å². The highest BCUT2D eigenvalue weighted by molar-refractivity contribution is 14.1. The molecule has 0 bridgehead atoms. The summed E-state index contributed by atoms with van der Waals surface area (Å²) in [5.74, 6) is 0.573. The van der Waals surface area contributed by atoms with Gasteiger partial charge in [0.05, 0.1) is 17.4 Å². The van der Waals surface area contributed by atoms with Crippen molar-refractivity contribution in [2.24, 2.45) is 5.73 Å². The average molecular weight is 356 g/mol. The molecule has 0 amide bonds. The number of nitrogens with one attached hydrogen (secondary N) is 1. The van der Waals surface area contributed by atoms with Crippen LogP contribution in [0.1, 0.15) is 5.56 Å². The molecule has 0 atom stereocenters. The summed E-state index contributed by atoms with van der Waals surface area (Å²) >= 11 is 7.21. The monoisotopic (exact) mass is 356 g/mol. The van der Waals surface area contributed by atoms with Crippen molar-refractivity contribution in [3.63, 3.8) is 0 Å². The molecular formula is C11H9IN4S. The Morgan fingerprint density at radius 3 is 2.76 bits per heavy atom. The third-order valence-corrected chi connectivity index (χ3v) is 3.27. The molecule has 0 aliphatic rings. The van der Waals surface area contributed by atoms with Crippen molar-refractivity contribution in [3.8, 4) is 0 Å². The summed E-state index contributed by atoms with van der Waals surface area (Å²) in [6.07, 6.45) is 1.57. The molecule has 0 saturated heterocycles. The molecule has 0 radical (unpaired) electrons. The third-order valence-electron chi connectivity index (χ3n) is 2.11. The number of aromatic nitrogens is 2. The highest BCUT2D eigenvalue weighted by Crippen LogP contribution is 2.22. The number of hydrogen-bond acceptors (Lipinski definition) is 4. The number of nitrogens with two attached hydrogens (primary N) is 1. The van der Waals surface area contributed by atoms with Crippen molar-refractivity contribution in [2.75, 3.05) is 5.32 Å². The maximum absolute atomic E-state index is 5.63. The van der Waals surface area contributed by atoms with Crippen molar-refractivity contribution in [3.05, 3.63) is 45.7 Å². The minimum absolute atomic E-state index is 0.299. The van der Waals surface area contributed by atoms with Gasteiger partial charge in [0.1, 0.15) is 4.99 Å². The summed E-state index contributed by atoms with van der Waals surface area (Å²) in [7, 11) is 0. The molecule has 0 fully saturated rings. The van der Waals surface area contributed by atoms with E-state index in [-0.39, 0.29) is 0 Å². The summed E-state index contributed by atoms with van der Waals surface area (Å²) in [5.41, 5.74) is 7.27. The lowest BCUT2D eigenvalue weighted by Gasteiger charge is -2.10. The van der Waals surface area contributed by atoms with E-state index in [1.807, 2.05) is 24.3 Å². The normalized spacial score (nSPS) is 9.94. The van der Waals surface area contributed by atoms with E-state index in [2.05, 4.69) is 38.1 Å². The van der Waals surface area contributed by atoms with Crippen molar-refractivity contribution in [1.82, 2.24) is 10.2 Å². The van der Waals surface area contributed by atoms with E-state index in [1.165, 1.54) is 0 Å². The number of para-hydroxylation sites is 1. The summed E-state index contributed by atoms with van der Waals surface area (Å²) in [6.45, 7) is 0. The first-order chi connectivity index (χ1) is 8.18. The number of hydrogen-bond donors (Lipinski definition) is 2. The Labute approximate surface area is 118 Å². The summed E-state index contributed by atoms with van der Waals surface area (Å²) in [4.78, 5) is 0.299. The van der Waals surface area contributed by atoms with E-state index in [1.54, 1.807) is 12.3 Å². The van der Waals surface area contributed by atoms with Gasteiger partial charge in [-0.05, 0) is 40.8 Å². The second-order valence-corrected chi connectivity index (χ2v) is 4.86. The molecule has 1 aromatic heterocycles. The van der Waals surface area contributed by atoms with Crippen LogP contribution in [0.2, 0.25) is 0 Å². The Kier molecular flexibility index (Phi) is 3.85. The second kappa shape index (κ2) is 5.37. The van der Waals surface area contributed by atoms with Gasteiger partial charge in [-0.2, -0.15) is 5.10 Å². The molecule has 6 heteroatoms. The smallest absolute Gasteiger partial charge is 0.163 e. The highest BCUT2D eigenvalue weighted by atomic mass is 127. The Balaban J connectivity index is 2.37. The maximum atomic E-state index is 5.63. The Morgan fingerprint density at radius 2 is 2.06 bits per heavy atom. The fourth-order valence-corrected chi connectivity index (χ4v) is 2.00. The van der Waals surface area contributed by atoms with Gasteiger partial charge in [-0.1, -0.05) is 24.4 Å². The lowest BCUT2D eigenvalue weighted by atomic mass is 10.2. The summed E-state index contributed by atoms with van der Waals surface area (Å²) in [6, 6.07) is 9.62. The Hall–Kier alpha value is -1.28. The number of rotatable bonds is 3. The summed E-state index contributed by atoms with van der Waals surface area (Å²) in [5, 5.41) is 11.0. The van der Waals surface area contributed by atoms with Gasteiger partial charge in [0.15, 0.2) is 5.82 Å². The van der Waals surface area contributed by atoms with Crippen LogP contribution in [-0.4, -0.2) is 15.2 Å². The standard InChI is InChI=1S/C11H9IN4S/c12-8-3-1-2-4-9(8)15-11-7(10(13)17)5-6-14-16-11/h1-6H,(H2,13,17)(H,15,16). The number of benzene rings is 1. The zero-order chi connectivity index (χ0) is 12.3. The van der Waals surface area contributed by atoms with Crippen molar-refractivity contribution < 1.29 is 0 Å². The third kappa shape index (κ3) is 2.89. The first-order valence-corrected chi connectivity index (χ1v) is 6.30. The molecule has 2 rings (SSSR count). The van der Waals surface area contributed by atoms with Gasteiger partial charge in [0, 0.05) is 3.57 Å². The van der Waals surface area contributed by atoms with E-state index < -0.39 is 0 Å². The highest BCUT2D eigenvalue weighted by Gasteiger charge is 2.08. The summed E-state index contributed by atoms with van der Waals surface area (Å²) < 4.78 is 1.09. The molecule has 4 nitrogen and oxygen atoms in total. The van der Waals surface area contributed by atoms with Crippen LogP contribution in [0, 0.1) is 3.57 Å². The fourth-order valence-electron chi connectivity index (χ4n) is 1.31. The van der Waals surface area contributed by atoms with Crippen molar-refractivity contribution >= 4 is 51.3 Å². The Morgan fingerprint density at radius 1 is 1.29 bits per heavy atom.